The normalized spacial score (nSPS) is 11.9. The predicted molar refractivity (Wildman–Crippen MR) is 78.9 cm³/mol. The number of carbonyl (C=O) groups excluding carboxylic acids is 1. The molecule has 0 aliphatic rings. The van der Waals surface area contributed by atoms with Crippen molar-refractivity contribution in [2.75, 3.05) is 0 Å². The third-order valence-corrected chi connectivity index (χ3v) is 3.07. The smallest absolute Gasteiger partial charge is 0.237 e. The monoisotopic (exact) mass is 269 g/mol. The Morgan fingerprint density at radius 3 is 2.60 bits per heavy atom. The van der Waals surface area contributed by atoms with E-state index in [0.717, 1.165) is 16.8 Å². The average Bonchev–Trinajstić information content (AvgIpc) is 2.47. The molecule has 0 unspecified atom stereocenters. The van der Waals surface area contributed by atoms with Crippen LogP contribution in [0.3, 0.4) is 0 Å². The number of nitrogens with two attached hydrogens (primary N) is 1. The van der Waals surface area contributed by atoms with E-state index in [1.54, 1.807) is 6.20 Å². The van der Waals surface area contributed by atoms with Gasteiger partial charge >= 0.3 is 0 Å². The lowest BCUT2D eigenvalue weighted by atomic mass is 10.1. The molecule has 0 radical (unpaired) electrons. The zero-order valence-corrected chi connectivity index (χ0v) is 11.5. The number of aryl methyl sites for hydroxylation is 1. The summed E-state index contributed by atoms with van der Waals surface area (Å²) in [6.07, 6.45) is 2.30. The highest BCUT2D eigenvalue weighted by Crippen LogP contribution is 2.03. The molecule has 1 aromatic carbocycles. The second-order valence-electron chi connectivity index (χ2n) is 4.82. The van der Waals surface area contributed by atoms with Gasteiger partial charge in [-0.05, 0) is 30.5 Å². The van der Waals surface area contributed by atoms with Crippen LogP contribution in [0.5, 0.6) is 0 Å². The van der Waals surface area contributed by atoms with Gasteiger partial charge in [-0.2, -0.15) is 0 Å². The number of hydrogen-bond acceptors (Lipinski definition) is 3. The fourth-order valence-electron chi connectivity index (χ4n) is 1.88. The Morgan fingerprint density at radius 1 is 1.20 bits per heavy atom. The van der Waals surface area contributed by atoms with E-state index in [1.165, 1.54) is 0 Å². The summed E-state index contributed by atoms with van der Waals surface area (Å²) in [6.45, 7) is 2.38. The third kappa shape index (κ3) is 4.17. The number of rotatable bonds is 5. The molecule has 1 heterocycles. The van der Waals surface area contributed by atoms with E-state index in [2.05, 4.69) is 10.3 Å². The Kier molecular flexibility index (Phi) is 4.85. The van der Waals surface area contributed by atoms with Gasteiger partial charge in [0.25, 0.3) is 0 Å². The Bertz CT molecular complexity index is 552. The van der Waals surface area contributed by atoms with Gasteiger partial charge in [0, 0.05) is 18.4 Å². The summed E-state index contributed by atoms with van der Waals surface area (Å²) in [5.41, 5.74) is 8.90. The van der Waals surface area contributed by atoms with Crippen molar-refractivity contribution in [1.29, 1.82) is 0 Å². The molecule has 1 atom stereocenters. The van der Waals surface area contributed by atoms with Crippen LogP contribution in [-0.2, 0) is 17.8 Å². The molecule has 0 spiro atoms. The molecule has 104 valence electrons. The van der Waals surface area contributed by atoms with Crippen molar-refractivity contribution in [2.24, 2.45) is 5.73 Å². The predicted octanol–water partition coefficient (Wildman–Crippen LogP) is 1.58. The number of pyridine rings is 1. The Hall–Kier alpha value is -2.20. The van der Waals surface area contributed by atoms with E-state index in [0.29, 0.717) is 13.0 Å². The number of aromatic nitrogens is 1. The summed E-state index contributed by atoms with van der Waals surface area (Å²) in [5.74, 6) is -0.144. The summed E-state index contributed by atoms with van der Waals surface area (Å²) < 4.78 is 0. The molecule has 0 aliphatic heterocycles. The Morgan fingerprint density at radius 2 is 1.95 bits per heavy atom. The SMILES string of the molecule is Cc1ccc(CNC(=O)[C@@H](N)Cc2ccccc2)cn1. The van der Waals surface area contributed by atoms with Gasteiger partial charge in [0.05, 0.1) is 6.04 Å². The highest BCUT2D eigenvalue weighted by Gasteiger charge is 2.13. The number of benzene rings is 1. The first-order valence-corrected chi connectivity index (χ1v) is 6.64. The van der Waals surface area contributed by atoms with Crippen LogP contribution in [-0.4, -0.2) is 16.9 Å². The first-order chi connectivity index (χ1) is 9.65. The average molecular weight is 269 g/mol. The standard InChI is InChI=1S/C16H19N3O/c1-12-7-8-14(10-18-12)11-19-16(20)15(17)9-13-5-3-2-4-6-13/h2-8,10,15H,9,11,17H2,1H3,(H,19,20)/t15-/m0/s1. The van der Waals surface area contributed by atoms with Gasteiger partial charge in [-0.15, -0.1) is 0 Å². The number of hydrogen-bond donors (Lipinski definition) is 2. The lowest BCUT2D eigenvalue weighted by Crippen LogP contribution is -2.41. The van der Waals surface area contributed by atoms with Gasteiger partial charge in [0.15, 0.2) is 0 Å². The lowest BCUT2D eigenvalue weighted by molar-refractivity contribution is -0.122. The molecule has 3 N–H and O–H groups in total. The molecule has 0 saturated heterocycles. The van der Waals surface area contributed by atoms with Gasteiger partial charge < -0.3 is 11.1 Å². The van der Waals surface area contributed by atoms with Crippen LogP contribution in [0.4, 0.5) is 0 Å². The molecule has 0 fully saturated rings. The van der Waals surface area contributed by atoms with Gasteiger partial charge in [0.2, 0.25) is 5.91 Å². The van der Waals surface area contributed by atoms with Gasteiger partial charge in [-0.1, -0.05) is 36.4 Å². The van der Waals surface area contributed by atoms with Gasteiger partial charge in [-0.3, -0.25) is 9.78 Å². The summed E-state index contributed by atoms with van der Waals surface area (Å²) in [6, 6.07) is 13.1. The fraction of sp³-hybridized carbons (Fsp3) is 0.250. The minimum atomic E-state index is -0.532. The zero-order valence-electron chi connectivity index (χ0n) is 11.5. The van der Waals surface area contributed by atoms with E-state index < -0.39 is 6.04 Å². The minimum absolute atomic E-state index is 0.144. The molecule has 2 rings (SSSR count). The lowest BCUT2D eigenvalue weighted by Gasteiger charge is -2.12. The summed E-state index contributed by atoms with van der Waals surface area (Å²) in [7, 11) is 0. The molecule has 0 bridgehead atoms. The van der Waals surface area contributed by atoms with Crippen LogP contribution in [0.1, 0.15) is 16.8 Å². The van der Waals surface area contributed by atoms with Crippen molar-refractivity contribution in [3.63, 3.8) is 0 Å². The Balaban J connectivity index is 1.83. The van der Waals surface area contributed by atoms with Crippen molar-refractivity contribution >= 4 is 5.91 Å². The topological polar surface area (TPSA) is 68.0 Å². The maximum atomic E-state index is 11.9. The highest BCUT2D eigenvalue weighted by atomic mass is 16.2. The molecule has 2 aromatic rings. The molecule has 1 amide bonds. The van der Waals surface area contributed by atoms with E-state index >= 15 is 0 Å². The number of nitrogens with zero attached hydrogens (tertiary/aromatic N) is 1. The first-order valence-electron chi connectivity index (χ1n) is 6.64. The first kappa shape index (κ1) is 14.2. The van der Waals surface area contributed by atoms with E-state index in [4.69, 9.17) is 5.73 Å². The number of nitrogens with one attached hydrogen (secondary N) is 1. The molecule has 4 nitrogen and oxygen atoms in total. The summed E-state index contributed by atoms with van der Waals surface area (Å²) >= 11 is 0. The van der Waals surface area contributed by atoms with Crippen molar-refractivity contribution in [1.82, 2.24) is 10.3 Å². The van der Waals surface area contributed by atoms with Crippen molar-refractivity contribution < 1.29 is 4.79 Å². The van der Waals surface area contributed by atoms with E-state index in [1.807, 2.05) is 49.4 Å². The maximum Gasteiger partial charge on any atom is 0.237 e. The van der Waals surface area contributed by atoms with Crippen LogP contribution >= 0.6 is 0 Å². The Labute approximate surface area is 119 Å². The van der Waals surface area contributed by atoms with E-state index in [-0.39, 0.29) is 5.91 Å². The van der Waals surface area contributed by atoms with Crippen LogP contribution in [0.15, 0.2) is 48.7 Å². The minimum Gasteiger partial charge on any atom is -0.351 e. The fourth-order valence-corrected chi connectivity index (χ4v) is 1.88. The van der Waals surface area contributed by atoms with Crippen LogP contribution in [0.2, 0.25) is 0 Å². The summed E-state index contributed by atoms with van der Waals surface area (Å²) in [5, 5.41) is 2.83. The number of carbonyl (C=O) groups is 1. The van der Waals surface area contributed by atoms with Crippen LogP contribution in [0.25, 0.3) is 0 Å². The zero-order chi connectivity index (χ0) is 14.4. The molecule has 4 heteroatoms. The highest BCUT2D eigenvalue weighted by molar-refractivity contribution is 5.81. The van der Waals surface area contributed by atoms with Crippen LogP contribution < -0.4 is 11.1 Å². The quantitative estimate of drug-likeness (QED) is 0.866. The largest absolute Gasteiger partial charge is 0.351 e. The summed E-state index contributed by atoms with van der Waals surface area (Å²) in [4.78, 5) is 16.1. The third-order valence-electron chi connectivity index (χ3n) is 3.07. The number of amides is 1. The second-order valence-corrected chi connectivity index (χ2v) is 4.82. The van der Waals surface area contributed by atoms with Crippen LogP contribution in [0, 0.1) is 6.92 Å². The molecule has 1 aromatic heterocycles. The molecule has 20 heavy (non-hydrogen) atoms. The van der Waals surface area contributed by atoms with Gasteiger partial charge in [-0.25, -0.2) is 0 Å². The molecule has 0 aliphatic carbocycles. The van der Waals surface area contributed by atoms with Crippen molar-refractivity contribution in [3.8, 4) is 0 Å². The molecular weight excluding hydrogens is 250 g/mol. The second kappa shape index (κ2) is 6.82. The van der Waals surface area contributed by atoms with Gasteiger partial charge in [0.1, 0.15) is 0 Å². The van der Waals surface area contributed by atoms with Crippen molar-refractivity contribution in [2.45, 2.75) is 25.9 Å². The van der Waals surface area contributed by atoms with Crippen molar-refractivity contribution in [3.05, 3.63) is 65.5 Å². The molecule has 0 saturated carbocycles. The maximum absolute atomic E-state index is 11.9. The molecular formula is C16H19N3O. The van der Waals surface area contributed by atoms with E-state index in [9.17, 15) is 4.79 Å².